The van der Waals surface area contributed by atoms with Crippen molar-refractivity contribution in [1.82, 2.24) is 5.32 Å². The third-order valence-corrected chi connectivity index (χ3v) is 4.16. The van der Waals surface area contributed by atoms with E-state index in [0.29, 0.717) is 25.4 Å². The van der Waals surface area contributed by atoms with Gasteiger partial charge in [0.1, 0.15) is 17.7 Å². The zero-order valence-electron chi connectivity index (χ0n) is 12.3. The van der Waals surface area contributed by atoms with Gasteiger partial charge in [-0.05, 0) is 25.1 Å². The van der Waals surface area contributed by atoms with E-state index in [9.17, 15) is 4.39 Å². The predicted octanol–water partition coefficient (Wildman–Crippen LogP) is 2.48. The maximum Gasteiger partial charge on any atom is 0.172 e. The lowest BCUT2D eigenvalue weighted by atomic mass is 9.87. The molecule has 1 aromatic carbocycles. The Labute approximate surface area is 124 Å². The van der Waals surface area contributed by atoms with Crippen LogP contribution in [0.1, 0.15) is 26.2 Å². The minimum Gasteiger partial charge on any atom is -0.488 e. The first-order chi connectivity index (χ1) is 10.2. The molecule has 116 valence electrons. The molecule has 2 aliphatic rings. The van der Waals surface area contributed by atoms with Gasteiger partial charge in [0.15, 0.2) is 5.79 Å². The van der Waals surface area contributed by atoms with Crippen LogP contribution in [0.5, 0.6) is 5.75 Å². The highest BCUT2D eigenvalue weighted by Gasteiger charge is 2.46. The largest absolute Gasteiger partial charge is 0.488 e. The van der Waals surface area contributed by atoms with Gasteiger partial charge in [0, 0.05) is 24.9 Å². The van der Waals surface area contributed by atoms with Gasteiger partial charge in [-0.1, -0.05) is 13.0 Å². The van der Waals surface area contributed by atoms with Crippen LogP contribution in [0.4, 0.5) is 4.39 Å². The van der Waals surface area contributed by atoms with Crippen LogP contribution in [0.3, 0.4) is 0 Å². The lowest BCUT2D eigenvalue weighted by Crippen LogP contribution is -2.53. The molecule has 1 aliphatic heterocycles. The van der Waals surface area contributed by atoms with Gasteiger partial charge in [-0.3, -0.25) is 0 Å². The van der Waals surface area contributed by atoms with Gasteiger partial charge >= 0.3 is 0 Å². The van der Waals surface area contributed by atoms with Crippen molar-refractivity contribution in [2.75, 3.05) is 19.8 Å². The molecule has 1 saturated carbocycles. The van der Waals surface area contributed by atoms with Crippen LogP contribution < -0.4 is 10.1 Å². The Hall–Kier alpha value is -1.17. The summed E-state index contributed by atoms with van der Waals surface area (Å²) in [4.78, 5) is 0. The van der Waals surface area contributed by atoms with Crippen molar-refractivity contribution < 1.29 is 18.6 Å². The van der Waals surface area contributed by atoms with E-state index in [1.54, 1.807) is 12.1 Å². The smallest absolute Gasteiger partial charge is 0.172 e. The summed E-state index contributed by atoms with van der Waals surface area (Å²) in [6, 6.07) is 6.51. The van der Waals surface area contributed by atoms with Crippen molar-refractivity contribution in [3.8, 4) is 5.75 Å². The minimum atomic E-state index is -0.510. The number of halogens is 1. The van der Waals surface area contributed by atoms with E-state index in [1.165, 1.54) is 12.1 Å². The fourth-order valence-electron chi connectivity index (χ4n) is 3.21. The molecule has 2 fully saturated rings. The topological polar surface area (TPSA) is 39.7 Å². The zero-order chi connectivity index (χ0) is 14.7. The maximum absolute atomic E-state index is 13.3. The lowest BCUT2D eigenvalue weighted by Gasteiger charge is -2.41. The summed E-state index contributed by atoms with van der Waals surface area (Å²) in [5, 5.41) is 3.45. The standard InChI is InChI=1S/C16H22FNO3/c1-2-18-14-6-7-16(19-8-9-20-16)11-15(14)21-13-5-3-4-12(17)10-13/h3-5,10,14-15,18H,2,6-9,11H2,1H3. The van der Waals surface area contributed by atoms with Gasteiger partial charge in [0.25, 0.3) is 0 Å². The number of rotatable bonds is 4. The zero-order valence-corrected chi connectivity index (χ0v) is 12.3. The SMILES string of the molecule is CCNC1CCC2(CC1Oc1cccc(F)c1)OCCO2. The number of hydrogen-bond donors (Lipinski definition) is 1. The van der Waals surface area contributed by atoms with Crippen molar-refractivity contribution in [2.45, 2.75) is 44.1 Å². The second-order valence-electron chi connectivity index (χ2n) is 5.63. The normalized spacial score (nSPS) is 27.9. The summed E-state index contributed by atoms with van der Waals surface area (Å²) in [5.41, 5.74) is 0. The van der Waals surface area contributed by atoms with Gasteiger partial charge in [-0.15, -0.1) is 0 Å². The summed E-state index contributed by atoms with van der Waals surface area (Å²) in [7, 11) is 0. The molecule has 21 heavy (non-hydrogen) atoms. The fourth-order valence-corrected chi connectivity index (χ4v) is 3.21. The summed E-state index contributed by atoms with van der Waals surface area (Å²) in [6.07, 6.45) is 2.38. The molecule has 0 amide bonds. The van der Waals surface area contributed by atoms with E-state index < -0.39 is 5.79 Å². The van der Waals surface area contributed by atoms with Gasteiger partial charge in [0.2, 0.25) is 0 Å². The summed E-state index contributed by atoms with van der Waals surface area (Å²) >= 11 is 0. The third kappa shape index (κ3) is 3.36. The molecule has 1 aliphatic carbocycles. The van der Waals surface area contributed by atoms with Crippen LogP contribution in [0.25, 0.3) is 0 Å². The van der Waals surface area contributed by atoms with E-state index in [4.69, 9.17) is 14.2 Å². The molecule has 4 nitrogen and oxygen atoms in total. The van der Waals surface area contributed by atoms with Gasteiger partial charge in [-0.2, -0.15) is 0 Å². The molecule has 3 rings (SSSR count). The van der Waals surface area contributed by atoms with Crippen molar-refractivity contribution in [3.63, 3.8) is 0 Å². The Morgan fingerprint density at radius 3 is 2.90 bits per heavy atom. The number of likely N-dealkylation sites (N-methyl/N-ethyl adjacent to an activating group) is 1. The fraction of sp³-hybridized carbons (Fsp3) is 0.625. The van der Waals surface area contributed by atoms with E-state index in [1.807, 2.05) is 0 Å². The molecule has 1 spiro atoms. The average Bonchev–Trinajstić information content (AvgIpc) is 2.91. The van der Waals surface area contributed by atoms with Gasteiger partial charge in [0.05, 0.1) is 13.2 Å². The van der Waals surface area contributed by atoms with Crippen LogP contribution in [0, 0.1) is 5.82 Å². The van der Waals surface area contributed by atoms with Gasteiger partial charge in [-0.25, -0.2) is 4.39 Å². The van der Waals surface area contributed by atoms with E-state index in [0.717, 1.165) is 19.4 Å². The molecule has 0 radical (unpaired) electrons. The van der Waals surface area contributed by atoms with Crippen LogP contribution in [-0.4, -0.2) is 37.7 Å². The number of hydrogen-bond acceptors (Lipinski definition) is 4. The molecular weight excluding hydrogens is 273 g/mol. The Bertz CT molecular complexity index is 476. The molecule has 0 aromatic heterocycles. The second kappa shape index (κ2) is 6.30. The van der Waals surface area contributed by atoms with E-state index in [2.05, 4.69) is 12.2 Å². The molecule has 1 saturated heterocycles. The summed E-state index contributed by atoms with van der Waals surface area (Å²) < 4.78 is 30.9. The van der Waals surface area contributed by atoms with Crippen molar-refractivity contribution in [3.05, 3.63) is 30.1 Å². The summed E-state index contributed by atoms with van der Waals surface area (Å²) in [6.45, 7) is 4.23. The highest BCUT2D eigenvalue weighted by atomic mass is 19.1. The molecular formula is C16H22FNO3. The average molecular weight is 295 g/mol. The molecule has 2 unspecified atom stereocenters. The molecule has 1 aromatic rings. The van der Waals surface area contributed by atoms with Crippen molar-refractivity contribution in [1.29, 1.82) is 0 Å². The van der Waals surface area contributed by atoms with Crippen molar-refractivity contribution >= 4 is 0 Å². The molecule has 1 heterocycles. The first kappa shape index (κ1) is 14.8. The lowest BCUT2D eigenvalue weighted by molar-refractivity contribution is -0.197. The van der Waals surface area contributed by atoms with Crippen LogP contribution in [0.15, 0.2) is 24.3 Å². The number of ether oxygens (including phenoxy) is 3. The molecule has 5 heteroatoms. The van der Waals surface area contributed by atoms with Crippen LogP contribution in [0.2, 0.25) is 0 Å². The quantitative estimate of drug-likeness (QED) is 0.926. The Morgan fingerprint density at radius 2 is 2.19 bits per heavy atom. The number of benzene rings is 1. The molecule has 2 atom stereocenters. The summed E-state index contributed by atoms with van der Waals surface area (Å²) in [5.74, 6) is -0.242. The predicted molar refractivity (Wildman–Crippen MR) is 76.8 cm³/mol. The van der Waals surface area contributed by atoms with Crippen molar-refractivity contribution in [2.24, 2.45) is 0 Å². The highest BCUT2D eigenvalue weighted by Crippen LogP contribution is 2.37. The van der Waals surface area contributed by atoms with Crippen LogP contribution in [-0.2, 0) is 9.47 Å². The van der Waals surface area contributed by atoms with E-state index in [-0.39, 0.29) is 18.0 Å². The van der Waals surface area contributed by atoms with Crippen LogP contribution >= 0.6 is 0 Å². The Kier molecular flexibility index (Phi) is 4.42. The Morgan fingerprint density at radius 1 is 1.38 bits per heavy atom. The highest BCUT2D eigenvalue weighted by molar-refractivity contribution is 5.23. The van der Waals surface area contributed by atoms with Gasteiger partial charge < -0.3 is 19.5 Å². The number of nitrogens with one attached hydrogen (secondary N) is 1. The first-order valence-electron chi connectivity index (χ1n) is 7.64. The third-order valence-electron chi connectivity index (χ3n) is 4.16. The second-order valence-corrected chi connectivity index (χ2v) is 5.63. The Balaban J connectivity index is 1.73. The van der Waals surface area contributed by atoms with E-state index >= 15 is 0 Å². The first-order valence-corrected chi connectivity index (χ1v) is 7.64. The monoisotopic (exact) mass is 295 g/mol. The molecule has 1 N–H and O–H groups in total. The maximum atomic E-state index is 13.3. The molecule has 0 bridgehead atoms. The minimum absolute atomic E-state index is 0.0846.